The highest BCUT2D eigenvalue weighted by molar-refractivity contribution is 5.95. The number of benzene rings is 3. The normalized spacial score (nSPS) is 12.3. The van der Waals surface area contributed by atoms with Crippen molar-refractivity contribution < 1.29 is 57.0 Å². The number of rotatable bonds is 25. The zero-order valence-electron chi connectivity index (χ0n) is 39.1. The van der Waals surface area contributed by atoms with Crippen molar-refractivity contribution in [1.82, 2.24) is 41.4 Å². The Labute approximate surface area is 403 Å². The van der Waals surface area contributed by atoms with Gasteiger partial charge in [-0.15, -0.1) is 0 Å². The third-order valence-corrected chi connectivity index (χ3v) is 10.6. The van der Waals surface area contributed by atoms with E-state index >= 15 is 4.39 Å². The molecular formula is C48H60F2N10O10. The molecule has 8 amide bonds. The van der Waals surface area contributed by atoms with E-state index in [1.165, 1.54) is 4.90 Å². The van der Waals surface area contributed by atoms with E-state index in [0.29, 0.717) is 11.3 Å². The van der Waals surface area contributed by atoms with E-state index in [4.69, 9.17) is 16.2 Å². The summed E-state index contributed by atoms with van der Waals surface area (Å²) in [6.07, 6.45) is -0.375. The molecule has 4 aromatic rings. The first-order valence-corrected chi connectivity index (χ1v) is 22.2. The number of hydrogen-bond donors (Lipinski definition) is 9. The summed E-state index contributed by atoms with van der Waals surface area (Å²) < 4.78 is 36.6. The Morgan fingerprint density at radius 3 is 2.03 bits per heavy atom. The molecule has 0 saturated heterocycles. The van der Waals surface area contributed by atoms with E-state index in [0.717, 1.165) is 23.8 Å². The number of aliphatic hydroxyl groups excluding tert-OH is 1. The maximum Gasteiger partial charge on any atom is 0.407 e. The van der Waals surface area contributed by atoms with Gasteiger partial charge in [0.15, 0.2) is 0 Å². The molecule has 1 aromatic heterocycles. The first-order valence-electron chi connectivity index (χ1n) is 22.2. The summed E-state index contributed by atoms with van der Waals surface area (Å²) >= 11 is 0. The van der Waals surface area contributed by atoms with Gasteiger partial charge in [-0.2, -0.15) is 0 Å². The summed E-state index contributed by atoms with van der Waals surface area (Å²) in [7, 11) is 0. The fraction of sp³-hybridized carbons (Fsp3) is 0.375. The van der Waals surface area contributed by atoms with Crippen LogP contribution in [0, 0.1) is 17.0 Å². The van der Waals surface area contributed by atoms with E-state index < -0.39 is 109 Å². The highest BCUT2D eigenvalue weighted by Gasteiger charge is 2.38. The number of hydrogen-bond acceptors (Lipinski definition) is 11. The van der Waals surface area contributed by atoms with Crippen LogP contribution in [0.2, 0.25) is 0 Å². The van der Waals surface area contributed by atoms with Crippen molar-refractivity contribution in [3.63, 3.8) is 0 Å². The van der Waals surface area contributed by atoms with E-state index in [1.807, 2.05) is 51.1 Å². The number of halogens is 2. The number of ether oxygens (including phenoxy) is 1. The summed E-state index contributed by atoms with van der Waals surface area (Å²) in [5.74, 6) is -7.35. The smallest absolute Gasteiger partial charge is 0.407 e. The molecule has 22 heteroatoms. The molecule has 3 aromatic carbocycles. The minimum Gasteiger partial charge on any atom is -0.445 e. The van der Waals surface area contributed by atoms with Crippen molar-refractivity contribution in [1.29, 1.82) is 0 Å². The highest BCUT2D eigenvalue weighted by Crippen LogP contribution is 2.41. The van der Waals surface area contributed by atoms with Crippen LogP contribution in [-0.2, 0) is 51.5 Å². The number of amides is 8. The molecule has 376 valence electrons. The molecule has 0 radical (unpaired) electrons. The van der Waals surface area contributed by atoms with Gasteiger partial charge in [-0.05, 0) is 47.2 Å². The van der Waals surface area contributed by atoms with Crippen molar-refractivity contribution in [3.05, 3.63) is 120 Å². The molecule has 20 nitrogen and oxygen atoms in total. The molecule has 0 aliphatic heterocycles. The molecule has 0 saturated carbocycles. The lowest BCUT2D eigenvalue weighted by Gasteiger charge is -2.41. The van der Waals surface area contributed by atoms with E-state index in [9.17, 15) is 47.9 Å². The fourth-order valence-corrected chi connectivity index (χ4v) is 7.32. The Bertz CT molecular complexity index is 2450. The fourth-order valence-electron chi connectivity index (χ4n) is 7.32. The molecule has 0 aliphatic carbocycles. The number of nitrogens with two attached hydrogens (primary N) is 2. The van der Waals surface area contributed by atoms with Crippen LogP contribution in [0.4, 0.5) is 13.6 Å². The summed E-state index contributed by atoms with van der Waals surface area (Å²) in [5.41, 5.74) is 12.2. The topological polar surface area (TPSA) is 298 Å². The maximum absolute atomic E-state index is 15.3. The molecule has 11 N–H and O–H groups in total. The van der Waals surface area contributed by atoms with Crippen LogP contribution >= 0.6 is 0 Å². The summed E-state index contributed by atoms with van der Waals surface area (Å²) in [6.45, 7) is 2.49. The summed E-state index contributed by atoms with van der Waals surface area (Å²) in [4.78, 5) is 104. The Morgan fingerprint density at radius 1 is 0.757 bits per heavy atom. The number of aromatic nitrogens is 1. The zero-order valence-corrected chi connectivity index (χ0v) is 39.1. The van der Waals surface area contributed by atoms with E-state index in [1.54, 1.807) is 47.2 Å². The van der Waals surface area contributed by atoms with Gasteiger partial charge < -0.3 is 62.7 Å². The largest absolute Gasteiger partial charge is 0.445 e. The second-order valence-corrected chi connectivity index (χ2v) is 17.1. The number of alkyl carbamates (subject to hydrolysis) is 1. The lowest BCUT2D eigenvalue weighted by Crippen LogP contribution is -2.57. The Kier molecular flexibility index (Phi) is 21.0. The van der Waals surface area contributed by atoms with Crippen molar-refractivity contribution in [2.75, 3.05) is 45.9 Å². The van der Waals surface area contributed by atoms with Gasteiger partial charge in [0.25, 0.3) is 0 Å². The second-order valence-electron chi connectivity index (χ2n) is 17.1. The van der Waals surface area contributed by atoms with Crippen molar-refractivity contribution >= 4 is 47.4 Å². The Morgan fingerprint density at radius 2 is 1.40 bits per heavy atom. The quantitative estimate of drug-likeness (QED) is 0.0420. The molecule has 70 heavy (non-hydrogen) atoms. The SMILES string of the molecule is CC(C)(C)[C@H](c1cc(-c2cc(F)ccc2F)cn1Cc1ccccc1)N(CC[C@H](NC(=O)[C@H](CC(N)=O)NC(=O)CNC(=O)CNC(=O)OCc1ccccc1)C(=O)NCCNC(=O)CN)C(=O)CO. The van der Waals surface area contributed by atoms with Gasteiger partial charge in [-0.25, -0.2) is 13.6 Å². The van der Waals surface area contributed by atoms with Gasteiger partial charge in [0.05, 0.1) is 25.6 Å². The average molecular weight is 975 g/mol. The molecule has 0 fully saturated rings. The highest BCUT2D eigenvalue weighted by atomic mass is 19.1. The number of aliphatic hydroxyl groups is 1. The third-order valence-electron chi connectivity index (χ3n) is 10.6. The van der Waals surface area contributed by atoms with Gasteiger partial charge in [-0.1, -0.05) is 81.4 Å². The predicted octanol–water partition coefficient (Wildman–Crippen LogP) is 0.859. The van der Waals surface area contributed by atoms with Gasteiger partial charge in [0.2, 0.25) is 41.4 Å². The number of nitrogens with zero attached hydrogens (tertiary/aromatic N) is 2. The lowest BCUT2D eigenvalue weighted by atomic mass is 9.82. The third kappa shape index (κ3) is 17.4. The first kappa shape index (κ1) is 54.9. The van der Waals surface area contributed by atoms with Gasteiger partial charge in [-0.3, -0.25) is 33.6 Å². The summed E-state index contributed by atoms with van der Waals surface area (Å²) in [5, 5.41) is 24.8. The van der Waals surface area contributed by atoms with E-state index in [-0.39, 0.29) is 56.9 Å². The zero-order chi connectivity index (χ0) is 51.4. The Balaban J connectivity index is 1.58. The number of carbonyl (C=O) groups is 8. The monoisotopic (exact) mass is 974 g/mol. The van der Waals surface area contributed by atoms with Gasteiger partial charge >= 0.3 is 6.09 Å². The lowest BCUT2D eigenvalue weighted by molar-refractivity contribution is -0.140. The van der Waals surface area contributed by atoms with Crippen LogP contribution in [0.15, 0.2) is 91.1 Å². The molecule has 1 heterocycles. The summed E-state index contributed by atoms with van der Waals surface area (Å²) in [6, 6.07) is 18.5. The molecular weight excluding hydrogens is 915 g/mol. The standard InChI is InChI=1S/C48H60F2N10O10/c1-48(2,3)44(38-20-32(34-21-33(49)14-15-35(34)50)27-59(38)26-30-10-6-4-7-11-30)60(43(66)28-61)19-16-36(45(67)54-18-17-53-40(63)23-51)58-46(68)37(22-39(52)62)57-42(65)25-55-41(64)24-56-47(69)70-29-31-12-8-5-9-13-31/h4-15,20-21,27,36-37,44,61H,16-19,22-26,28-29,51H2,1-3H3,(H2,52,62)(H,53,63)(H,54,67)(H,55,64)(H,56,69)(H,57,65)(H,58,68)/t36-,37-,44-/m0/s1. The molecule has 3 atom stereocenters. The Hall–Kier alpha value is -7.72. The number of nitrogens with one attached hydrogen (secondary N) is 6. The van der Waals surface area contributed by atoms with Crippen molar-refractivity contribution in [3.8, 4) is 11.1 Å². The van der Waals surface area contributed by atoms with Crippen LogP contribution in [0.5, 0.6) is 0 Å². The average Bonchev–Trinajstić information content (AvgIpc) is 3.73. The molecule has 0 bridgehead atoms. The van der Waals surface area contributed by atoms with Gasteiger partial charge in [0, 0.05) is 49.2 Å². The second kappa shape index (κ2) is 26.7. The minimum absolute atomic E-state index is 0.0448. The van der Waals surface area contributed by atoms with Crippen molar-refractivity contribution in [2.45, 2.75) is 64.9 Å². The van der Waals surface area contributed by atoms with Crippen LogP contribution in [0.25, 0.3) is 11.1 Å². The minimum atomic E-state index is -1.69. The first-order chi connectivity index (χ1) is 33.3. The molecule has 4 rings (SSSR count). The molecule has 0 unspecified atom stereocenters. The molecule has 0 aliphatic rings. The van der Waals surface area contributed by atoms with Crippen LogP contribution < -0.4 is 43.4 Å². The van der Waals surface area contributed by atoms with Crippen molar-refractivity contribution in [2.24, 2.45) is 16.9 Å². The number of primary amides is 1. The van der Waals surface area contributed by atoms with Crippen LogP contribution in [0.3, 0.4) is 0 Å². The van der Waals surface area contributed by atoms with Crippen LogP contribution in [0.1, 0.15) is 56.5 Å². The maximum atomic E-state index is 15.3. The van der Waals surface area contributed by atoms with Gasteiger partial charge in [0.1, 0.15) is 43.5 Å². The predicted molar refractivity (Wildman–Crippen MR) is 251 cm³/mol. The number of carbonyl (C=O) groups excluding carboxylic acids is 8. The molecule has 0 spiro atoms. The van der Waals surface area contributed by atoms with Crippen LogP contribution in [-0.4, -0.2) is 120 Å². The van der Waals surface area contributed by atoms with E-state index in [2.05, 4.69) is 31.9 Å².